The molecule has 53 heavy (non-hydrogen) atoms. The zero-order chi connectivity index (χ0) is 38.2. The van der Waals surface area contributed by atoms with E-state index in [1.807, 2.05) is 0 Å². The van der Waals surface area contributed by atoms with Crippen LogP contribution in [0.3, 0.4) is 0 Å². The van der Waals surface area contributed by atoms with Gasteiger partial charge in [0.1, 0.15) is 18.3 Å². The largest absolute Gasteiger partial charge is 0.346 e. The Morgan fingerprint density at radius 3 is 1.51 bits per heavy atom. The van der Waals surface area contributed by atoms with Crippen LogP contribution < -0.4 is 11.2 Å². The number of aromatic amines is 1. The van der Waals surface area contributed by atoms with Crippen molar-refractivity contribution in [2.75, 3.05) is 12.8 Å². The molecule has 11 heteroatoms. The number of unbranched alkanes of at least 4 members (excludes halogenated alkanes) is 24. The van der Waals surface area contributed by atoms with Crippen molar-refractivity contribution in [2.24, 2.45) is 0 Å². The maximum atomic E-state index is 12.9. The van der Waals surface area contributed by atoms with E-state index in [4.69, 9.17) is 18.7 Å². The van der Waals surface area contributed by atoms with Crippen molar-refractivity contribution in [3.8, 4) is 0 Å². The number of hydrogen-bond donors (Lipinski definition) is 2. The Labute approximate surface area is 321 Å². The highest BCUT2D eigenvalue weighted by Crippen LogP contribution is 2.49. The first-order valence-electron chi connectivity index (χ1n) is 22.0. The van der Waals surface area contributed by atoms with Crippen molar-refractivity contribution in [1.29, 1.82) is 0 Å². The highest BCUT2D eigenvalue weighted by atomic mass is 31.2. The van der Waals surface area contributed by atoms with E-state index in [1.165, 1.54) is 158 Å². The molecule has 2 fully saturated rings. The predicted molar refractivity (Wildman–Crippen MR) is 215 cm³/mol. The van der Waals surface area contributed by atoms with Gasteiger partial charge in [-0.15, -0.1) is 0 Å². The van der Waals surface area contributed by atoms with Gasteiger partial charge in [0, 0.05) is 31.3 Å². The van der Waals surface area contributed by atoms with Gasteiger partial charge in [0.25, 0.3) is 5.56 Å². The summed E-state index contributed by atoms with van der Waals surface area (Å²) in [6.45, 7) is 5.98. The fourth-order valence-corrected chi connectivity index (χ4v) is 8.51. The molecule has 3 heterocycles. The molecule has 0 spiro atoms. The maximum Gasteiger partial charge on any atom is 0.330 e. The van der Waals surface area contributed by atoms with Gasteiger partial charge in [-0.3, -0.25) is 18.9 Å². The van der Waals surface area contributed by atoms with Crippen LogP contribution in [0.15, 0.2) is 21.9 Å². The van der Waals surface area contributed by atoms with Crippen molar-refractivity contribution in [2.45, 2.75) is 231 Å². The Bertz CT molecular complexity index is 1220. The topological polar surface area (TPSA) is 129 Å². The first-order chi connectivity index (χ1) is 25.7. The highest BCUT2D eigenvalue weighted by Gasteiger charge is 2.58. The van der Waals surface area contributed by atoms with Gasteiger partial charge in [0.2, 0.25) is 0 Å². The Kier molecular flexibility index (Phi) is 23.1. The summed E-state index contributed by atoms with van der Waals surface area (Å²) in [5.74, 6) is -0.829. The minimum absolute atomic E-state index is 0.0178. The Morgan fingerprint density at radius 1 is 0.679 bits per heavy atom. The normalized spacial score (nSPS) is 22.0. The van der Waals surface area contributed by atoms with Crippen LogP contribution in [0.5, 0.6) is 0 Å². The van der Waals surface area contributed by atoms with E-state index in [0.717, 1.165) is 38.5 Å². The lowest BCUT2D eigenvalue weighted by atomic mass is 9.98. The Balaban J connectivity index is 1.54. The molecule has 1 aromatic rings. The van der Waals surface area contributed by atoms with Gasteiger partial charge in [-0.05, 0) is 12.8 Å². The Hall–Kier alpha value is -1.29. The summed E-state index contributed by atoms with van der Waals surface area (Å²) >= 11 is 0. The third-order valence-electron chi connectivity index (χ3n) is 11.3. The lowest BCUT2D eigenvalue weighted by molar-refractivity contribution is -0.227. The second-order valence-electron chi connectivity index (χ2n) is 15.9. The number of nitrogens with zero attached hydrogens (tertiary/aromatic N) is 1. The monoisotopic (exact) mass is 769 g/mol. The fraction of sp³-hybridized carbons (Fsp3) is 0.905. The third-order valence-corrected chi connectivity index (χ3v) is 12.6. The van der Waals surface area contributed by atoms with Gasteiger partial charge in [0.15, 0.2) is 12.0 Å². The molecule has 2 N–H and O–H groups in total. The third kappa shape index (κ3) is 17.6. The molecule has 0 aromatic carbocycles. The van der Waals surface area contributed by atoms with Crippen LogP contribution in [0.1, 0.15) is 207 Å². The molecule has 0 aliphatic carbocycles. The molecule has 308 valence electrons. The van der Waals surface area contributed by atoms with Crippen LogP contribution in [0.25, 0.3) is 0 Å². The summed E-state index contributed by atoms with van der Waals surface area (Å²) in [4.78, 5) is 37.2. The molecule has 0 bridgehead atoms. The molecule has 3 rings (SSSR count). The van der Waals surface area contributed by atoms with Crippen molar-refractivity contribution in [1.82, 2.24) is 9.55 Å². The zero-order valence-electron chi connectivity index (χ0n) is 33.9. The van der Waals surface area contributed by atoms with Crippen LogP contribution >= 0.6 is 7.60 Å². The highest BCUT2D eigenvalue weighted by molar-refractivity contribution is 7.52. The molecule has 5 unspecified atom stereocenters. The first kappa shape index (κ1) is 46.1. The van der Waals surface area contributed by atoms with E-state index in [-0.39, 0.29) is 12.8 Å². The standard InChI is InChI=1S/C42H77N2O8P/c1-4-7-9-11-13-15-17-19-21-23-25-27-29-32-42(33-30-28-26-24-22-20-18-16-14-12-10-8-5-2)51-38-36(35-49-53(47,48)6-3)50-40(39(38)52-42)44-34-31-37(45)43-41(44)46/h31,34,36,38-40H,4-30,32-33,35H2,1-3H3,(H,47,48)(H,43,45,46). The van der Waals surface area contributed by atoms with Crippen LogP contribution in [0.2, 0.25) is 0 Å². The average molecular weight is 769 g/mol. The molecule has 2 saturated heterocycles. The number of aromatic nitrogens is 2. The quantitative estimate of drug-likeness (QED) is 0.0534. The molecule has 5 atom stereocenters. The molecule has 1 aromatic heterocycles. The molecule has 10 nitrogen and oxygen atoms in total. The fourth-order valence-electron chi connectivity index (χ4n) is 7.95. The van der Waals surface area contributed by atoms with E-state index in [1.54, 1.807) is 6.92 Å². The lowest BCUT2D eigenvalue weighted by Gasteiger charge is -2.32. The number of fused-ring (bicyclic) bond motifs is 1. The molecule has 0 saturated carbocycles. The summed E-state index contributed by atoms with van der Waals surface area (Å²) in [6.07, 6.45) is 33.3. The minimum atomic E-state index is -3.78. The average Bonchev–Trinajstić information content (AvgIpc) is 3.67. The summed E-state index contributed by atoms with van der Waals surface area (Å²) in [5.41, 5.74) is -1.09. The summed E-state index contributed by atoms with van der Waals surface area (Å²) in [5, 5.41) is 0. The summed E-state index contributed by atoms with van der Waals surface area (Å²) < 4.78 is 39.1. The van der Waals surface area contributed by atoms with Crippen molar-refractivity contribution >= 4 is 7.60 Å². The smallest absolute Gasteiger partial charge is 0.330 e. The number of H-pyrrole nitrogens is 1. The second-order valence-corrected chi connectivity index (χ2v) is 18.1. The number of nitrogens with one attached hydrogen (secondary N) is 1. The molecule has 2 aliphatic rings. The predicted octanol–water partition coefficient (Wildman–Crippen LogP) is 11.1. The van der Waals surface area contributed by atoms with Crippen molar-refractivity contribution in [3.63, 3.8) is 0 Å². The lowest BCUT2D eigenvalue weighted by Crippen LogP contribution is -2.38. The molecule has 2 aliphatic heterocycles. The van der Waals surface area contributed by atoms with E-state index < -0.39 is 49.2 Å². The number of hydrogen-bond acceptors (Lipinski definition) is 7. The Morgan fingerprint density at radius 2 is 1.09 bits per heavy atom. The van der Waals surface area contributed by atoms with Gasteiger partial charge in [-0.25, -0.2) is 4.79 Å². The van der Waals surface area contributed by atoms with E-state index in [2.05, 4.69) is 18.8 Å². The van der Waals surface area contributed by atoms with Gasteiger partial charge < -0.3 is 23.6 Å². The van der Waals surface area contributed by atoms with Crippen molar-refractivity contribution in [3.05, 3.63) is 33.1 Å². The van der Waals surface area contributed by atoms with E-state index in [9.17, 15) is 19.0 Å². The molecule has 0 amide bonds. The van der Waals surface area contributed by atoms with Gasteiger partial charge in [-0.1, -0.05) is 175 Å². The van der Waals surface area contributed by atoms with Gasteiger partial charge >= 0.3 is 13.3 Å². The van der Waals surface area contributed by atoms with Crippen LogP contribution in [0.4, 0.5) is 0 Å². The zero-order valence-corrected chi connectivity index (χ0v) is 34.8. The molecule has 0 radical (unpaired) electrons. The SMILES string of the molecule is CCCCCCCCCCCCCCCC1(CCCCCCCCCCCCCCC)OC2C(COP(=O)(O)CC)OC(n3ccc(=O)[nH]c3=O)C2O1. The maximum absolute atomic E-state index is 12.9. The van der Waals surface area contributed by atoms with Crippen LogP contribution in [-0.2, 0) is 23.3 Å². The minimum Gasteiger partial charge on any atom is -0.346 e. The van der Waals surface area contributed by atoms with Crippen LogP contribution in [-0.4, -0.2) is 51.3 Å². The van der Waals surface area contributed by atoms with Crippen LogP contribution in [0, 0.1) is 0 Å². The second kappa shape index (κ2) is 26.5. The number of rotatable bonds is 33. The van der Waals surface area contributed by atoms with E-state index in [0.29, 0.717) is 0 Å². The first-order valence-corrected chi connectivity index (χ1v) is 23.8. The summed E-state index contributed by atoms with van der Waals surface area (Å²) in [7, 11) is -3.78. The summed E-state index contributed by atoms with van der Waals surface area (Å²) in [6, 6.07) is 1.28. The van der Waals surface area contributed by atoms with E-state index >= 15 is 0 Å². The van der Waals surface area contributed by atoms with Gasteiger partial charge in [-0.2, -0.15) is 0 Å². The van der Waals surface area contributed by atoms with Gasteiger partial charge in [0.05, 0.1) is 6.61 Å². The number of ether oxygens (including phenoxy) is 3. The van der Waals surface area contributed by atoms with Crippen molar-refractivity contribution < 1.29 is 28.2 Å². The molecular weight excluding hydrogens is 691 g/mol. The molecular formula is C42H77N2O8P.